The monoisotopic (exact) mass is 537 g/mol. The van der Waals surface area contributed by atoms with Crippen LogP contribution < -0.4 is 5.32 Å². The lowest BCUT2D eigenvalue weighted by Gasteiger charge is -2.06. The van der Waals surface area contributed by atoms with Gasteiger partial charge >= 0.3 is 0 Å². The van der Waals surface area contributed by atoms with E-state index in [2.05, 4.69) is 30.7 Å². The Hall–Kier alpha value is -3.32. The number of hydrogen-bond donors (Lipinski definition) is 2. The molecule has 0 aliphatic rings. The third kappa shape index (κ3) is 4.94. The lowest BCUT2D eigenvalue weighted by atomic mass is 10.1. The van der Waals surface area contributed by atoms with Crippen LogP contribution in [-0.2, 0) is 9.84 Å². The highest BCUT2D eigenvalue weighted by atomic mass is 35.5. The van der Waals surface area contributed by atoms with E-state index < -0.39 is 15.7 Å². The van der Waals surface area contributed by atoms with E-state index in [4.69, 9.17) is 0 Å². The summed E-state index contributed by atoms with van der Waals surface area (Å²) < 4.78 is 24.9. The minimum atomic E-state index is -3.47. The van der Waals surface area contributed by atoms with Gasteiger partial charge in [0.2, 0.25) is 19.3 Å². The number of nitrogens with one attached hydrogen (secondary N) is 2. The van der Waals surface area contributed by atoms with Gasteiger partial charge in [0.25, 0.3) is 5.91 Å². The fraction of sp³-hybridized carbons (Fsp3) is 0.0500. The van der Waals surface area contributed by atoms with Crippen LogP contribution in [0.5, 0.6) is 0 Å². The summed E-state index contributed by atoms with van der Waals surface area (Å²) in [6.07, 6.45) is 8.37. The standard InChI is InChI=1S/C20H15N7O3S2.2ClH/c1-32(29,30)20-26-25-19(31-20)24-18(28)13-4-2-12(3-5-13)16-10-21-17-7-6-14(11-27(16)17)15-8-22-23-9-15;;/h2-11H,1H3,(H,22,23)(H,24,25,28);2*1H. The molecule has 0 bridgehead atoms. The molecule has 0 spiro atoms. The van der Waals surface area contributed by atoms with Gasteiger partial charge in [-0.05, 0) is 24.3 Å². The molecule has 176 valence electrons. The molecular formula is C20H17Cl2N7O3S2. The van der Waals surface area contributed by atoms with E-state index in [9.17, 15) is 13.2 Å². The minimum absolute atomic E-state index is 0. The second-order valence-electron chi connectivity index (χ2n) is 6.95. The Balaban J connectivity index is 0.00000162. The van der Waals surface area contributed by atoms with Gasteiger partial charge in [-0.25, -0.2) is 13.4 Å². The van der Waals surface area contributed by atoms with Crippen LogP contribution in [0, 0.1) is 0 Å². The number of rotatable bonds is 5. The molecule has 5 aromatic rings. The average Bonchev–Trinajstić information content (AvgIpc) is 3.53. The van der Waals surface area contributed by atoms with Gasteiger partial charge in [0.15, 0.2) is 0 Å². The van der Waals surface area contributed by atoms with Crippen LogP contribution in [0.4, 0.5) is 5.13 Å². The van der Waals surface area contributed by atoms with Gasteiger partial charge in [-0.3, -0.25) is 19.6 Å². The maximum atomic E-state index is 12.5. The molecule has 0 radical (unpaired) electrons. The Labute approximate surface area is 210 Å². The van der Waals surface area contributed by atoms with Crippen LogP contribution in [0.15, 0.2) is 65.5 Å². The average molecular weight is 538 g/mol. The maximum Gasteiger partial charge on any atom is 0.257 e. The number of sulfone groups is 1. The first-order chi connectivity index (χ1) is 15.4. The molecule has 1 aromatic carbocycles. The van der Waals surface area contributed by atoms with Crippen molar-refractivity contribution in [3.63, 3.8) is 0 Å². The van der Waals surface area contributed by atoms with Crippen molar-refractivity contribution >= 4 is 62.7 Å². The minimum Gasteiger partial charge on any atom is -0.299 e. The zero-order valence-corrected chi connectivity index (χ0v) is 20.6. The summed E-state index contributed by atoms with van der Waals surface area (Å²) in [5, 5.41) is 16.8. The number of pyridine rings is 1. The second-order valence-corrected chi connectivity index (χ2v) is 10.1. The molecule has 2 N–H and O–H groups in total. The number of nitrogens with zero attached hydrogens (tertiary/aromatic N) is 5. The topological polar surface area (TPSA) is 135 Å². The highest BCUT2D eigenvalue weighted by Gasteiger charge is 2.16. The van der Waals surface area contributed by atoms with E-state index in [0.29, 0.717) is 5.56 Å². The SMILES string of the molecule is CS(=O)(=O)c1nnc(NC(=O)c2ccc(-c3cnc4ccc(-c5cn[nH]c5)cn34)cc2)s1.Cl.Cl. The van der Waals surface area contributed by atoms with Gasteiger partial charge in [0.05, 0.1) is 18.1 Å². The van der Waals surface area contributed by atoms with Gasteiger partial charge in [0.1, 0.15) is 5.65 Å². The zero-order chi connectivity index (χ0) is 22.3. The number of aromatic amines is 1. The molecule has 0 aliphatic carbocycles. The Bertz CT molecular complexity index is 1550. The molecule has 5 rings (SSSR count). The number of amides is 1. The smallest absolute Gasteiger partial charge is 0.257 e. The van der Waals surface area contributed by atoms with Crippen LogP contribution in [-0.4, -0.2) is 50.4 Å². The van der Waals surface area contributed by atoms with Crippen LogP contribution in [0.1, 0.15) is 10.4 Å². The summed E-state index contributed by atoms with van der Waals surface area (Å²) in [5.41, 5.74) is 4.92. The van der Waals surface area contributed by atoms with Crippen molar-refractivity contribution in [2.45, 2.75) is 4.34 Å². The van der Waals surface area contributed by atoms with E-state index in [1.165, 1.54) is 0 Å². The number of halogens is 2. The molecule has 0 aliphatic heterocycles. The number of imidazole rings is 1. The lowest BCUT2D eigenvalue weighted by Crippen LogP contribution is -2.11. The second kappa shape index (κ2) is 9.89. The predicted molar refractivity (Wildman–Crippen MR) is 134 cm³/mol. The fourth-order valence-corrected chi connectivity index (χ4v) is 4.65. The van der Waals surface area contributed by atoms with Crippen molar-refractivity contribution in [3.8, 4) is 22.4 Å². The fourth-order valence-electron chi connectivity index (χ4n) is 3.15. The molecule has 34 heavy (non-hydrogen) atoms. The Morgan fingerprint density at radius 3 is 2.38 bits per heavy atom. The largest absolute Gasteiger partial charge is 0.299 e. The third-order valence-electron chi connectivity index (χ3n) is 4.72. The quantitative estimate of drug-likeness (QED) is 0.326. The Morgan fingerprint density at radius 1 is 1.00 bits per heavy atom. The van der Waals surface area contributed by atoms with Crippen molar-refractivity contribution in [2.24, 2.45) is 0 Å². The third-order valence-corrected chi connectivity index (χ3v) is 7.23. The van der Waals surface area contributed by atoms with Crippen LogP contribution in [0.2, 0.25) is 0 Å². The first-order valence-electron chi connectivity index (χ1n) is 9.30. The van der Waals surface area contributed by atoms with Crippen molar-refractivity contribution in [1.29, 1.82) is 0 Å². The molecule has 10 nitrogen and oxygen atoms in total. The van der Waals surface area contributed by atoms with Crippen molar-refractivity contribution < 1.29 is 13.2 Å². The van der Waals surface area contributed by atoms with Crippen molar-refractivity contribution in [2.75, 3.05) is 11.6 Å². The zero-order valence-electron chi connectivity index (χ0n) is 17.4. The number of anilines is 1. The molecular weight excluding hydrogens is 521 g/mol. The van der Waals surface area contributed by atoms with Crippen LogP contribution >= 0.6 is 36.2 Å². The van der Waals surface area contributed by atoms with Crippen molar-refractivity contribution in [3.05, 3.63) is 66.7 Å². The van der Waals surface area contributed by atoms with Crippen LogP contribution in [0.3, 0.4) is 0 Å². The summed E-state index contributed by atoms with van der Waals surface area (Å²) in [5.74, 6) is -0.409. The maximum absolute atomic E-state index is 12.5. The summed E-state index contributed by atoms with van der Waals surface area (Å²) in [6, 6.07) is 10.9. The molecule has 1 amide bonds. The molecule has 0 atom stereocenters. The molecule has 0 fully saturated rings. The molecule has 0 saturated heterocycles. The number of H-pyrrole nitrogens is 1. The Morgan fingerprint density at radius 2 is 1.74 bits per heavy atom. The van der Waals surface area contributed by atoms with E-state index >= 15 is 0 Å². The molecule has 0 unspecified atom stereocenters. The first-order valence-corrected chi connectivity index (χ1v) is 12.0. The number of fused-ring (bicyclic) bond motifs is 1. The summed E-state index contributed by atoms with van der Waals surface area (Å²) in [4.78, 5) is 17.0. The molecule has 14 heteroatoms. The molecule has 0 saturated carbocycles. The van der Waals surface area contributed by atoms with E-state index in [-0.39, 0.29) is 34.3 Å². The van der Waals surface area contributed by atoms with Gasteiger partial charge in [0, 0.05) is 40.9 Å². The molecule has 4 aromatic heterocycles. The normalized spacial score (nSPS) is 11.0. The van der Waals surface area contributed by atoms with Gasteiger partial charge in [-0.1, -0.05) is 23.5 Å². The van der Waals surface area contributed by atoms with E-state index in [1.54, 1.807) is 24.5 Å². The van der Waals surface area contributed by atoms with Crippen LogP contribution in [0.25, 0.3) is 28.0 Å². The molecule has 4 heterocycles. The Kier molecular flexibility index (Phi) is 7.36. The van der Waals surface area contributed by atoms with Gasteiger partial charge in [-0.15, -0.1) is 35.0 Å². The highest BCUT2D eigenvalue weighted by Crippen LogP contribution is 2.26. The summed E-state index contributed by atoms with van der Waals surface area (Å²) in [7, 11) is -3.47. The number of benzene rings is 1. The van der Waals surface area contributed by atoms with E-state index in [1.807, 2.05) is 41.1 Å². The van der Waals surface area contributed by atoms with E-state index in [0.717, 1.165) is 45.6 Å². The first kappa shape index (κ1) is 25.3. The lowest BCUT2D eigenvalue weighted by molar-refractivity contribution is 0.102. The number of hydrogen-bond acceptors (Lipinski definition) is 8. The highest BCUT2D eigenvalue weighted by molar-refractivity contribution is 7.92. The van der Waals surface area contributed by atoms with Gasteiger partial charge in [-0.2, -0.15) is 5.10 Å². The summed E-state index contributed by atoms with van der Waals surface area (Å²) >= 11 is 0.805. The van der Waals surface area contributed by atoms with Crippen molar-refractivity contribution in [1.82, 2.24) is 29.8 Å². The summed E-state index contributed by atoms with van der Waals surface area (Å²) in [6.45, 7) is 0. The number of aromatic nitrogens is 6. The number of carbonyl (C=O) groups excluding carboxylic acids is 1. The number of carbonyl (C=O) groups is 1. The van der Waals surface area contributed by atoms with Gasteiger partial charge < -0.3 is 0 Å². The predicted octanol–water partition coefficient (Wildman–Crippen LogP) is 3.74.